The summed E-state index contributed by atoms with van der Waals surface area (Å²) < 4.78 is 5.66. The molecule has 3 fully saturated rings. The van der Waals surface area contributed by atoms with E-state index in [1.54, 1.807) is 4.90 Å². The summed E-state index contributed by atoms with van der Waals surface area (Å²) in [5.41, 5.74) is 0. The fourth-order valence-electron chi connectivity index (χ4n) is 4.15. The Morgan fingerprint density at radius 1 is 1.15 bits per heavy atom. The predicted octanol–water partition coefficient (Wildman–Crippen LogP) is 1.80. The van der Waals surface area contributed by atoms with E-state index >= 15 is 0 Å². The molecule has 5 nitrogen and oxygen atoms in total. The highest BCUT2D eigenvalue weighted by molar-refractivity contribution is 5.87. The molecule has 0 aromatic rings. The Balaban J connectivity index is 1.80. The first kappa shape index (κ1) is 13.9. The van der Waals surface area contributed by atoms with Crippen molar-refractivity contribution in [1.82, 2.24) is 4.90 Å². The van der Waals surface area contributed by atoms with E-state index in [0.29, 0.717) is 12.3 Å². The average Bonchev–Trinajstić information content (AvgIpc) is 3.01. The number of nitrogens with zero attached hydrogens (tertiary/aromatic N) is 1. The van der Waals surface area contributed by atoms with Crippen molar-refractivity contribution in [3.05, 3.63) is 0 Å². The van der Waals surface area contributed by atoms with Gasteiger partial charge in [-0.05, 0) is 44.9 Å². The van der Waals surface area contributed by atoms with Crippen LogP contribution in [-0.2, 0) is 14.3 Å². The normalized spacial score (nSPS) is 40.6. The lowest BCUT2D eigenvalue weighted by atomic mass is 9.84. The van der Waals surface area contributed by atoms with Crippen molar-refractivity contribution in [2.24, 2.45) is 5.92 Å². The number of amides is 1. The zero-order valence-electron chi connectivity index (χ0n) is 12.0. The average molecular weight is 281 g/mol. The van der Waals surface area contributed by atoms with Crippen LogP contribution >= 0.6 is 0 Å². The van der Waals surface area contributed by atoms with Gasteiger partial charge in [-0.3, -0.25) is 4.79 Å². The molecule has 2 aliphatic heterocycles. The standard InChI is InChI=1S/C15H23NO4/c1-9-6-7-13(20-9)14(17)16-11-5-3-2-4-10(11)8-12(16)15(18)19/h9-13H,2-8H2,1H3,(H,18,19)/t9-,10-,11-,12+,13-/m1/s1. The van der Waals surface area contributed by atoms with Crippen molar-refractivity contribution in [2.75, 3.05) is 0 Å². The zero-order chi connectivity index (χ0) is 14.3. The van der Waals surface area contributed by atoms with E-state index < -0.39 is 18.1 Å². The summed E-state index contributed by atoms with van der Waals surface area (Å²) in [6.45, 7) is 1.97. The Kier molecular flexibility index (Phi) is 3.71. The maximum atomic E-state index is 12.7. The molecule has 3 aliphatic rings. The highest BCUT2D eigenvalue weighted by Gasteiger charge is 2.49. The van der Waals surface area contributed by atoms with Gasteiger partial charge in [0.25, 0.3) is 5.91 Å². The van der Waals surface area contributed by atoms with Gasteiger partial charge in [-0.25, -0.2) is 4.79 Å². The van der Waals surface area contributed by atoms with Crippen LogP contribution in [0.2, 0.25) is 0 Å². The Labute approximate surface area is 119 Å². The first-order valence-corrected chi connectivity index (χ1v) is 7.78. The van der Waals surface area contributed by atoms with Gasteiger partial charge in [-0.2, -0.15) is 0 Å². The van der Waals surface area contributed by atoms with Gasteiger partial charge in [0.15, 0.2) is 0 Å². The molecule has 5 atom stereocenters. The van der Waals surface area contributed by atoms with E-state index in [9.17, 15) is 14.7 Å². The van der Waals surface area contributed by atoms with Crippen molar-refractivity contribution < 1.29 is 19.4 Å². The number of carboxylic acid groups (broad SMARTS) is 1. The molecule has 1 N–H and O–H groups in total. The largest absolute Gasteiger partial charge is 0.480 e. The van der Waals surface area contributed by atoms with Crippen LogP contribution in [0.4, 0.5) is 0 Å². The van der Waals surface area contributed by atoms with Crippen molar-refractivity contribution >= 4 is 11.9 Å². The molecule has 0 unspecified atom stereocenters. The Bertz CT molecular complexity index is 411. The smallest absolute Gasteiger partial charge is 0.326 e. The van der Waals surface area contributed by atoms with Crippen LogP contribution in [0.1, 0.15) is 51.9 Å². The molecular weight excluding hydrogens is 258 g/mol. The highest BCUT2D eigenvalue weighted by Crippen LogP contribution is 2.41. The number of ether oxygens (including phenoxy) is 1. The van der Waals surface area contributed by atoms with E-state index in [0.717, 1.165) is 38.5 Å². The molecule has 20 heavy (non-hydrogen) atoms. The van der Waals surface area contributed by atoms with Crippen LogP contribution in [0.3, 0.4) is 0 Å². The van der Waals surface area contributed by atoms with Gasteiger partial charge in [0, 0.05) is 6.04 Å². The molecule has 112 valence electrons. The summed E-state index contributed by atoms with van der Waals surface area (Å²) in [5, 5.41) is 9.44. The Morgan fingerprint density at radius 3 is 2.55 bits per heavy atom. The van der Waals surface area contributed by atoms with E-state index in [1.807, 2.05) is 6.92 Å². The SMILES string of the molecule is C[C@@H]1CC[C@H](C(=O)N2[C@@H]3CCCC[C@@H]3C[C@H]2C(=O)O)O1. The van der Waals surface area contributed by atoms with Crippen LogP contribution in [0.5, 0.6) is 0 Å². The minimum absolute atomic E-state index is 0.0869. The Morgan fingerprint density at radius 2 is 1.90 bits per heavy atom. The molecule has 0 bridgehead atoms. The zero-order valence-corrected chi connectivity index (χ0v) is 12.0. The number of fused-ring (bicyclic) bond motifs is 1. The van der Waals surface area contributed by atoms with Crippen molar-refractivity contribution in [3.8, 4) is 0 Å². The number of likely N-dealkylation sites (tertiary alicyclic amines) is 1. The van der Waals surface area contributed by atoms with Gasteiger partial charge in [0.1, 0.15) is 12.1 Å². The summed E-state index contributed by atoms with van der Waals surface area (Å²) >= 11 is 0. The van der Waals surface area contributed by atoms with Crippen LogP contribution in [0.25, 0.3) is 0 Å². The fourth-order valence-corrected chi connectivity index (χ4v) is 4.15. The quantitative estimate of drug-likeness (QED) is 0.838. The number of hydrogen-bond acceptors (Lipinski definition) is 3. The van der Waals surface area contributed by atoms with Gasteiger partial charge in [-0.1, -0.05) is 12.8 Å². The molecule has 1 amide bonds. The molecule has 3 rings (SSSR count). The first-order valence-electron chi connectivity index (χ1n) is 7.78. The van der Waals surface area contributed by atoms with Gasteiger partial charge in [0.2, 0.25) is 0 Å². The maximum Gasteiger partial charge on any atom is 0.326 e. The fraction of sp³-hybridized carbons (Fsp3) is 0.867. The van der Waals surface area contributed by atoms with Gasteiger partial charge < -0.3 is 14.7 Å². The second-order valence-electron chi connectivity index (χ2n) is 6.46. The molecule has 0 aromatic carbocycles. The van der Waals surface area contributed by atoms with Gasteiger partial charge in [-0.15, -0.1) is 0 Å². The molecule has 1 aliphatic carbocycles. The number of hydrogen-bond donors (Lipinski definition) is 1. The third kappa shape index (κ3) is 2.32. The number of carbonyl (C=O) groups excluding carboxylic acids is 1. The van der Waals surface area contributed by atoms with Crippen LogP contribution in [0.15, 0.2) is 0 Å². The third-order valence-corrected chi connectivity index (χ3v) is 5.13. The second kappa shape index (κ2) is 5.35. The van der Waals surface area contributed by atoms with E-state index in [-0.39, 0.29) is 18.1 Å². The molecule has 1 saturated carbocycles. The van der Waals surface area contributed by atoms with Crippen LogP contribution in [0, 0.1) is 5.92 Å². The Hall–Kier alpha value is -1.10. The number of aliphatic carboxylic acids is 1. The summed E-state index contributed by atoms with van der Waals surface area (Å²) in [6, 6.07) is -0.521. The second-order valence-corrected chi connectivity index (χ2v) is 6.46. The molecule has 0 aromatic heterocycles. The lowest BCUT2D eigenvalue weighted by molar-refractivity contribution is -0.155. The maximum absolute atomic E-state index is 12.7. The van der Waals surface area contributed by atoms with Crippen LogP contribution in [-0.4, -0.2) is 46.2 Å². The van der Waals surface area contributed by atoms with Gasteiger partial charge in [0.05, 0.1) is 6.10 Å². The van der Waals surface area contributed by atoms with E-state index in [2.05, 4.69) is 0 Å². The molecule has 2 saturated heterocycles. The van der Waals surface area contributed by atoms with E-state index in [4.69, 9.17) is 4.74 Å². The molecule has 0 radical (unpaired) electrons. The van der Waals surface area contributed by atoms with Gasteiger partial charge >= 0.3 is 5.97 Å². The number of carbonyl (C=O) groups is 2. The summed E-state index contributed by atoms with van der Waals surface area (Å²) in [7, 11) is 0. The molecular formula is C15H23NO4. The summed E-state index contributed by atoms with van der Waals surface area (Å²) in [6.07, 6.45) is 6.17. The molecule has 5 heteroatoms. The molecule has 0 spiro atoms. The van der Waals surface area contributed by atoms with Crippen molar-refractivity contribution in [2.45, 2.75) is 76.2 Å². The van der Waals surface area contributed by atoms with Crippen LogP contribution < -0.4 is 0 Å². The van der Waals surface area contributed by atoms with Crippen molar-refractivity contribution in [3.63, 3.8) is 0 Å². The van der Waals surface area contributed by atoms with Crippen molar-refractivity contribution in [1.29, 1.82) is 0 Å². The predicted molar refractivity (Wildman–Crippen MR) is 72.2 cm³/mol. The topological polar surface area (TPSA) is 66.8 Å². The molecule has 2 heterocycles. The highest BCUT2D eigenvalue weighted by atomic mass is 16.5. The van der Waals surface area contributed by atoms with E-state index in [1.165, 1.54) is 0 Å². The lowest BCUT2D eigenvalue weighted by Crippen LogP contribution is -2.50. The minimum Gasteiger partial charge on any atom is -0.480 e. The monoisotopic (exact) mass is 281 g/mol. The summed E-state index contributed by atoms with van der Waals surface area (Å²) in [4.78, 5) is 25.9. The first-order chi connectivity index (χ1) is 9.58. The number of carboxylic acids is 1. The number of rotatable bonds is 2. The summed E-state index contributed by atoms with van der Waals surface area (Å²) in [5.74, 6) is -0.581. The lowest BCUT2D eigenvalue weighted by Gasteiger charge is -2.34. The third-order valence-electron chi connectivity index (χ3n) is 5.13. The minimum atomic E-state index is -0.862.